The van der Waals surface area contributed by atoms with E-state index in [2.05, 4.69) is 12.2 Å². The van der Waals surface area contributed by atoms with Gasteiger partial charge in [-0.15, -0.1) is 0 Å². The highest BCUT2D eigenvalue weighted by molar-refractivity contribution is 5.96. The third-order valence-electron chi connectivity index (χ3n) is 4.52. The summed E-state index contributed by atoms with van der Waals surface area (Å²) in [6, 6.07) is -0.739. The van der Waals surface area contributed by atoms with Crippen molar-refractivity contribution in [2.45, 2.75) is 64.6 Å². The minimum atomic E-state index is -0.410. The third kappa shape index (κ3) is 3.14. The molecule has 0 aromatic carbocycles. The summed E-state index contributed by atoms with van der Waals surface area (Å²) < 4.78 is 5.62. The first-order valence-corrected chi connectivity index (χ1v) is 7.77. The summed E-state index contributed by atoms with van der Waals surface area (Å²) in [4.78, 5) is 26.4. The van der Waals surface area contributed by atoms with E-state index in [1.807, 2.05) is 6.92 Å². The fourth-order valence-corrected chi connectivity index (χ4v) is 3.08. The summed E-state index contributed by atoms with van der Waals surface area (Å²) in [5, 5.41) is 2.79. The lowest BCUT2D eigenvalue weighted by molar-refractivity contribution is -0.151. The molecule has 2 heterocycles. The van der Waals surface area contributed by atoms with E-state index in [-0.39, 0.29) is 29.9 Å². The van der Waals surface area contributed by atoms with Gasteiger partial charge in [0.2, 0.25) is 11.8 Å². The molecule has 0 aromatic heterocycles. The molecule has 4 unspecified atom stereocenters. The number of carbonyl (C=O) groups excluding carboxylic acids is 2. The van der Waals surface area contributed by atoms with Crippen molar-refractivity contribution in [1.29, 1.82) is 0 Å². The molecule has 0 aliphatic carbocycles. The molecule has 0 aromatic rings. The topological polar surface area (TPSA) is 58.6 Å². The Morgan fingerprint density at radius 2 is 2.20 bits per heavy atom. The van der Waals surface area contributed by atoms with Crippen LogP contribution in [0.2, 0.25) is 0 Å². The van der Waals surface area contributed by atoms with Crippen LogP contribution < -0.4 is 5.32 Å². The van der Waals surface area contributed by atoms with E-state index in [4.69, 9.17) is 4.74 Å². The van der Waals surface area contributed by atoms with Crippen LogP contribution >= 0.6 is 0 Å². The first kappa shape index (κ1) is 15.3. The highest BCUT2D eigenvalue weighted by Crippen LogP contribution is 2.22. The van der Waals surface area contributed by atoms with Crippen LogP contribution in [0.4, 0.5) is 0 Å². The highest BCUT2D eigenvalue weighted by Gasteiger charge is 2.40. The van der Waals surface area contributed by atoms with Gasteiger partial charge in [0.25, 0.3) is 0 Å². The van der Waals surface area contributed by atoms with E-state index in [1.54, 1.807) is 11.8 Å². The van der Waals surface area contributed by atoms with Crippen molar-refractivity contribution in [1.82, 2.24) is 10.2 Å². The maximum Gasteiger partial charge on any atom is 0.245 e. The Hall–Kier alpha value is -1.10. The minimum absolute atomic E-state index is 0.0150. The zero-order chi connectivity index (χ0) is 14.7. The smallest absolute Gasteiger partial charge is 0.245 e. The average Bonchev–Trinajstić information content (AvgIpc) is 2.93. The van der Waals surface area contributed by atoms with Gasteiger partial charge in [-0.1, -0.05) is 20.3 Å². The number of hydrogen-bond donors (Lipinski definition) is 1. The summed E-state index contributed by atoms with van der Waals surface area (Å²) >= 11 is 0. The predicted molar refractivity (Wildman–Crippen MR) is 76.2 cm³/mol. The molecule has 2 rings (SSSR count). The highest BCUT2D eigenvalue weighted by atomic mass is 16.5. The molecule has 0 spiro atoms. The summed E-state index contributed by atoms with van der Waals surface area (Å²) in [7, 11) is 0. The standard InChI is InChI=1S/C15H26N2O3/c1-4-10(2)13-14(18)16-11(3)15(19)17(13)8-7-12-6-5-9-20-12/h10-13H,4-9H2,1-3H3,(H,16,18). The van der Waals surface area contributed by atoms with Crippen molar-refractivity contribution >= 4 is 11.8 Å². The van der Waals surface area contributed by atoms with Gasteiger partial charge in [0.1, 0.15) is 12.1 Å². The molecule has 1 N–H and O–H groups in total. The quantitative estimate of drug-likeness (QED) is 0.827. The predicted octanol–water partition coefficient (Wildman–Crippen LogP) is 1.32. The largest absolute Gasteiger partial charge is 0.378 e. The molecule has 0 radical (unpaired) electrons. The van der Waals surface area contributed by atoms with Gasteiger partial charge in [-0.05, 0) is 32.1 Å². The zero-order valence-electron chi connectivity index (χ0n) is 12.7. The van der Waals surface area contributed by atoms with Gasteiger partial charge in [-0.2, -0.15) is 0 Å². The maximum absolute atomic E-state index is 12.4. The first-order valence-electron chi connectivity index (χ1n) is 7.77. The number of piperazine rings is 1. The molecular weight excluding hydrogens is 256 g/mol. The van der Waals surface area contributed by atoms with E-state index >= 15 is 0 Å². The molecule has 2 aliphatic heterocycles. The first-order chi connectivity index (χ1) is 9.54. The van der Waals surface area contributed by atoms with Crippen LogP contribution in [0.15, 0.2) is 0 Å². The van der Waals surface area contributed by atoms with Gasteiger partial charge < -0.3 is 15.0 Å². The molecule has 4 atom stereocenters. The third-order valence-corrected chi connectivity index (χ3v) is 4.52. The van der Waals surface area contributed by atoms with Crippen molar-refractivity contribution < 1.29 is 14.3 Å². The van der Waals surface area contributed by atoms with E-state index in [9.17, 15) is 9.59 Å². The summed E-state index contributed by atoms with van der Waals surface area (Å²) in [5.41, 5.74) is 0. The molecule has 2 amide bonds. The normalized spacial score (nSPS) is 32.4. The summed E-state index contributed by atoms with van der Waals surface area (Å²) in [5.74, 6) is 0.197. The summed E-state index contributed by atoms with van der Waals surface area (Å²) in [6.07, 6.45) is 4.14. The lowest BCUT2D eigenvalue weighted by Crippen LogP contribution is -2.64. The Morgan fingerprint density at radius 3 is 2.80 bits per heavy atom. The van der Waals surface area contributed by atoms with Crippen molar-refractivity contribution in [3.63, 3.8) is 0 Å². The lowest BCUT2D eigenvalue weighted by atomic mass is 9.93. The van der Waals surface area contributed by atoms with Crippen LogP contribution in [0.3, 0.4) is 0 Å². The van der Waals surface area contributed by atoms with Gasteiger partial charge in [0, 0.05) is 13.2 Å². The maximum atomic E-state index is 12.4. The average molecular weight is 282 g/mol. The molecule has 5 heteroatoms. The zero-order valence-corrected chi connectivity index (χ0v) is 12.7. The van der Waals surface area contributed by atoms with Crippen molar-refractivity contribution in [2.24, 2.45) is 5.92 Å². The van der Waals surface area contributed by atoms with Crippen LogP contribution in [0, 0.1) is 5.92 Å². The molecule has 2 aliphatic rings. The van der Waals surface area contributed by atoms with Crippen LogP contribution in [-0.4, -0.2) is 48.1 Å². The monoisotopic (exact) mass is 282 g/mol. The molecule has 2 saturated heterocycles. The Labute approximate surface area is 121 Å². The Balaban J connectivity index is 2.05. The Kier molecular flexibility index (Phi) is 5.02. The summed E-state index contributed by atoms with van der Waals surface area (Å²) in [6.45, 7) is 7.29. The van der Waals surface area contributed by atoms with E-state index in [0.717, 1.165) is 32.3 Å². The van der Waals surface area contributed by atoms with E-state index in [1.165, 1.54) is 0 Å². The number of ether oxygens (including phenoxy) is 1. The van der Waals surface area contributed by atoms with Crippen LogP contribution in [0.5, 0.6) is 0 Å². The van der Waals surface area contributed by atoms with Crippen molar-refractivity contribution in [3.05, 3.63) is 0 Å². The van der Waals surface area contributed by atoms with Gasteiger partial charge in [-0.3, -0.25) is 9.59 Å². The van der Waals surface area contributed by atoms with Gasteiger partial charge in [-0.25, -0.2) is 0 Å². The molecule has 114 valence electrons. The van der Waals surface area contributed by atoms with Gasteiger partial charge in [0.05, 0.1) is 6.10 Å². The molecule has 20 heavy (non-hydrogen) atoms. The number of nitrogens with zero attached hydrogens (tertiary/aromatic N) is 1. The Morgan fingerprint density at radius 1 is 1.45 bits per heavy atom. The SMILES string of the molecule is CCC(C)C1C(=O)NC(C)C(=O)N1CCC1CCCO1. The number of hydrogen-bond acceptors (Lipinski definition) is 3. The molecular formula is C15H26N2O3. The van der Waals surface area contributed by atoms with Crippen molar-refractivity contribution in [2.75, 3.05) is 13.2 Å². The number of carbonyl (C=O) groups is 2. The molecule has 0 saturated carbocycles. The lowest BCUT2D eigenvalue weighted by Gasteiger charge is -2.41. The second-order valence-corrected chi connectivity index (χ2v) is 6.02. The minimum Gasteiger partial charge on any atom is -0.378 e. The van der Waals surface area contributed by atoms with Gasteiger partial charge in [0.15, 0.2) is 0 Å². The second-order valence-electron chi connectivity index (χ2n) is 6.02. The fraction of sp³-hybridized carbons (Fsp3) is 0.867. The molecule has 2 fully saturated rings. The molecule has 5 nitrogen and oxygen atoms in total. The van der Waals surface area contributed by atoms with E-state index < -0.39 is 6.04 Å². The van der Waals surface area contributed by atoms with Crippen molar-refractivity contribution in [3.8, 4) is 0 Å². The van der Waals surface area contributed by atoms with E-state index in [0.29, 0.717) is 6.54 Å². The van der Waals surface area contributed by atoms with Crippen LogP contribution in [-0.2, 0) is 14.3 Å². The number of rotatable bonds is 5. The Bertz CT molecular complexity index is 366. The molecule has 0 bridgehead atoms. The van der Waals surface area contributed by atoms with Gasteiger partial charge >= 0.3 is 0 Å². The van der Waals surface area contributed by atoms with Crippen LogP contribution in [0.1, 0.15) is 46.5 Å². The number of amides is 2. The number of nitrogens with one attached hydrogen (secondary N) is 1. The fourth-order valence-electron chi connectivity index (χ4n) is 3.08. The van der Waals surface area contributed by atoms with Crippen LogP contribution in [0.25, 0.3) is 0 Å². The second kappa shape index (κ2) is 6.57.